The van der Waals surface area contributed by atoms with Crippen LogP contribution in [0.25, 0.3) is 0 Å². The molecule has 1 aromatic carbocycles. The van der Waals surface area contributed by atoms with Gasteiger partial charge in [0.1, 0.15) is 5.82 Å². The number of nitrogens with zero attached hydrogens (tertiary/aromatic N) is 2. The molecule has 0 spiro atoms. The number of aryl methyl sites for hydroxylation is 1. The third kappa shape index (κ3) is 2.10. The van der Waals surface area contributed by atoms with Gasteiger partial charge in [-0.15, -0.1) is 5.10 Å². The second-order valence-corrected chi connectivity index (χ2v) is 4.16. The SMILES string of the molecule is CNC(c1csnn1)c1ccc(F)cc1C. The van der Waals surface area contributed by atoms with Gasteiger partial charge in [0.05, 0.1) is 11.7 Å². The van der Waals surface area contributed by atoms with Crippen LogP contribution in [0, 0.1) is 12.7 Å². The molecule has 0 aliphatic heterocycles. The summed E-state index contributed by atoms with van der Waals surface area (Å²) in [5.41, 5.74) is 2.80. The Morgan fingerprint density at radius 3 is 2.81 bits per heavy atom. The summed E-state index contributed by atoms with van der Waals surface area (Å²) in [5.74, 6) is -0.215. The predicted octanol–water partition coefficient (Wildman–Crippen LogP) is 2.29. The smallest absolute Gasteiger partial charge is 0.123 e. The van der Waals surface area contributed by atoms with Gasteiger partial charge in [0, 0.05) is 5.38 Å². The molecule has 1 aromatic heterocycles. The van der Waals surface area contributed by atoms with Crippen LogP contribution in [0.2, 0.25) is 0 Å². The topological polar surface area (TPSA) is 37.8 Å². The molecule has 0 radical (unpaired) electrons. The van der Waals surface area contributed by atoms with Crippen molar-refractivity contribution in [3.05, 3.63) is 46.2 Å². The van der Waals surface area contributed by atoms with E-state index < -0.39 is 0 Å². The van der Waals surface area contributed by atoms with Crippen LogP contribution >= 0.6 is 11.5 Å². The van der Waals surface area contributed by atoms with Crippen LogP contribution in [0.15, 0.2) is 23.6 Å². The zero-order valence-electron chi connectivity index (χ0n) is 9.07. The van der Waals surface area contributed by atoms with E-state index in [4.69, 9.17) is 0 Å². The number of aromatic nitrogens is 2. The Morgan fingerprint density at radius 2 is 2.25 bits per heavy atom. The van der Waals surface area contributed by atoms with Gasteiger partial charge in [-0.25, -0.2) is 4.39 Å². The first kappa shape index (κ1) is 11.2. The van der Waals surface area contributed by atoms with Gasteiger partial charge in [0.25, 0.3) is 0 Å². The van der Waals surface area contributed by atoms with Crippen molar-refractivity contribution in [2.45, 2.75) is 13.0 Å². The molecule has 1 atom stereocenters. The van der Waals surface area contributed by atoms with Crippen LogP contribution in [0.5, 0.6) is 0 Å². The highest BCUT2D eigenvalue weighted by atomic mass is 32.1. The molecule has 3 nitrogen and oxygen atoms in total. The number of benzene rings is 1. The van der Waals surface area contributed by atoms with Gasteiger partial charge in [0.2, 0.25) is 0 Å². The van der Waals surface area contributed by atoms with Crippen molar-refractivity contribution in [2.24, 2.45) is 0 Å². The predicted molar refractivity (Wildman–Crippen MR) is 61.9 cm³/mol. The van der Waals surface area contributed by atoms with Gasteiger partial charge >= 0.3 is 0 Å². The summed E-state index contributed by atoms with van der Waals surface area (Å²) in [7, 11) is 1.85. The first-order valence-electron chi connectivity index (χ1n) is 4.92. The highest BCUT2D eigenvalue weighted by Crippen LogP contribution is 2.24. The van der Waals surface area contributed by atoms with Crippen molar-refractivity contribution in [3.63, 3.8) is 0 Å². The summed E-state index contributed by atoms with van der Waals surface area (Å²) in [5, 5.41) is 9.10. The molecular formula is C11H12FN3S. The van der Waals surface area contributed by atoms with E-state index in [0.717, 1.165) is 16.8 Å². The molecule has 84 valence electrons. The minimum Gasteiger partial charge on any atom is -0.308 e. The maximum atomic E-state index is 13.0. The lowest BCUT2D eigenvalue weighted by Gasteiger charge is -2.16. The van der Waals surface area contributed by atoms with Crippen LogP contribution < -0.4 is 5.32 Å². The normalized spacial score (nSPS) is 12.7. The molecular weight excluding hydrogens is 225 g/mol. The summed E-state index contributed by atoms with van der Waals surface area (Å²) in [4.78, 5) is 0. The molecule has 1 unspecified atom stereocenters. The average molecular weight is 237 g/mol. The first-order chi connectivity index (χ1) is 7.72. The molecule has 2 aromatic rings. The zero-order chi connectivity index (χ0) is 11.5. The van der Waals surface area contributed by atoms with Gasteiger partial charge in [-0.1, -0.05) is 10.6 Å². The fraction of sp³-hybridized carbons (Fsp3) is 0.273. The van der Waals surface area contributed by atoms with Crippen molar-refractivity contribution in [2.75, 3.05) is 7.05 Å². The third-order valence-corrected chi connectivity index (χ3v) is 3.03. The van der Waals surface area contributed by atoms with Gasteiger partial charge in [-0.2, -0.15) is 0 Å². The fourth-order valence-corrected chi connectivity index (χ4v) is 2.20. The molecule has 0 aliphatic rings. The maximum absolute atomic E-state index is 13.0. The van der Waals surface area contributed by atoms with E-state index in [2.05, 4.69) is 14.9 Å². The van der Waals surface area contributed by atoms with Crippen LogP contribution in [0.4, 0.5) is 4.39 Å². The van der Waals surface area contributed by atoms with E-state index in [9.17, 15) is 4.39 Å². The van der Waals surface area contributed by atoms with E-state index in [-0.39, 0.29) is 11.9 Å². The quantitative estimate of drug-likeness (QED) is 0.890. The van der Waals surface area contributed by atoms with Crippen molar-refractivity contribution >= 4 is 11.5 Å². The van der Waals surface area contributed by atoms with Crippen LogP contribution in [-0.2, 0) is 0 Å². The van der Waals surface area contributed by atoms with Crippen LogP contribution in [-0.4, -0.2) is 16.6 Å². The van der Waals surface area contributed by atoms with Gasteiger partial charge in [0.15, 0.2) is 0 Å². The Kier molecular flexibility index (Phi) is 3.26. The second-order valence-electron chi connectivity index (χ2n) is 3.55. The Hall–Kier alpha value is -1.33. The van der Waals surface area contributed by atoms with E-state index in [1.54, 1.807) is 6.07 Å². The lowest BCUT2D eigenvalue weighted by atomic mass is 9.99. The lowest BCUT2D eigenvalue weighted by Crippen LogP contribution is -2.19. The van der Waals surface area contributed by atoms with Crippen LogP contribution in [0.1, 0.15) is 22.9 Å². The minimum atomic E-state index is -0.215. The monoisotopic (exact) mass is 237 g/mol. The van der Waals surface area contributed by atoms with E-state index >= 15 is 0 Å². The molecule has 1 N–H and O–H groups in total. The molecule has 5 heteroatoms. The number of hydrogen-bond acceptors (Lipinski definition) is 4. The van der Waals surface area contributed by atoms with Crippen molar-refractivity contribution < 1.29 is 4.39 Å². The summed E-state index contributed by atoms with van der Waals surface area (Å²) < 4.78 is 16.9. The second kappa shape index (κ2) is 4.67. The Labute approximate surface area is 97.5 Å². The van der Waals surface area contributed by atoms with E-state index in [1.165, 1.54) is 23.7 Å². The maximum Gasteiger partial charge on any atom is 0.123 e. The Bertz CT molecular complexity index is 470. The molecule has 16 heavy (non-hydrogen) atoms. The Morgan fingerprint density at radius 1 is 1.44 bits per heavy atom. The van der Waals surface area contributed by atoms with Crippen molar-refractivity contribution in [1.82, 2.24) is 14.9 Å². The van der Waals surface area contributed by atoms with E-state index in [1.807, 2.05) is 19.4 Å². The summed E-state index contributed by atoms with van der Waals surface area (Å²) in [6, 6.07) is 4.75. The van der Waals surface area contributed by atoms with Gasteiger partial charge in [-0.05, 0) is 48.8 Å². The third-order valence-electron chi connectivity index (χ3n) is 2.50. The molecule has 0 aliphatic carbocycles. The highest BCUT2D eigenvalue weighted by Gasteiger charge is 2.16. The largest absolute Gasteiger partial charge is 0.308 e. The van der Waals surface area contributed by atoms with E-state index in [0.29, 0.717) is 0 Å². The number of nitrogens with one attached hydrogen (secondary N) is 1. The molecule has 0 bridgehead atoms. The van der Waals surface area contributed by atoms with Gasteiger partial charge < -0.3 is 5.32 Å². The fourth-order valence-electron chi connectivity index (χ4n) is 1.72. The molecule has 0 saturated heterocycles. The molecule has 1 heterocycles. The first-order valence-corrected chi connectivity index (χ1v) is 5.76. The standard InChI is InChI=1S/C11H12FN3S/c1-7-5-8(12)3-4-9(7)11(13-2)10-6-16-15-14-10/h3-6,11,13H,1-2H3. The summed E-state index contributed by atoms with van der Waals surface area (Å²) >= 11 is 1.31. The number of rotatable bonds is 3. The summed E-state index contributed by atoms with van der Waals surface area (Å²) in [6.07, 6.45) is 0. The Balaban J connectivity index is 2.41. The molecule has 0 saturated carbocycles. The number of hydrogen-bond donors (Lipinski definition) is 1. The minimum absolute atomic E-state index is 0.0284. The molecule has 0 fully saturated rings. The molecule has 0 amide bonds. The van der Waals surface area contributed by atoms with Crippen LogP contribution in [0.3, 0.4) is 0 Å². The lowest BCUT2D eigenvalue weighted by molar-refractivity contribution is 0.619. The van der Waals surface area contributed by atoms with Crippen molar-refractivity contribution in [1.29, 1.82) is 0 Å². The highest BCUT2D eigenvalue weighted by molar-refractivity contribution is 7.03. The molecule has 2 rings (SSSR count). The average Bonchev–Trinajstić information content (AvgIpc) is 2.75. The van der Waals surface area contributed by atoms with Crippen molar-refractivity contribution in [3.8, 4) is 0 Å². The zero-order valence-corrected chi connectivity index (χ0v) is 9.88. The van der Waals surface area contributed by atoms with Gasteiger partial charge in [-0.3, -0.25) is 0 Å². The number of halogens is 1. The summed E-state index contributed by atoms with van der Waals surface area (Å²) in [6.45, 7) is 1.89.